The summed E-state index contributed by atoms with van der Waals surface area (Å²) in [5, 5.41) is 22.3. The van der Waals surface area contributed by atoms with Gasteiger partial charge in [-0.25, -0.2) is 9.59 Å². The molecule has 2 N–H and O–H groups in total. The van der Waals surface area contributed by atoms with E-state index in [2.05, 4.69) is 4.90 Å². The number of piperidine rings is 1. The van der Waals surface area contributed by atoms with E-state index in [0.717, 1.165) is 11.1 Å². The van der Waals surface area contributed by atoms with Gasteiger partial charge in [0.1, 0.15) is 11.5 Å². The van der Waals surface area contributed by atoms with Crippen molar-refractivity contribution in [3.8, 4) is 5.75 Å². The van der Waals surface area contributed by atoms with Crippen molar-refractivity contribution in [1.82, 2.24) is 4.90 Å². The normalized spacial score (nSPS) is 28.9. The van der Waals surface area contributed by atoms with E-state index in [-0.39, 0.29) is 24.8 Å². The summed E-state index contributed by atoms with van der Waals surface area (Å²) >= 11 is 0. The quantitative estimate of drug-likeness (QED) is 0.382. The number of carbonyl (C=O) groups is 3. The lowest BCUT2D eigenvalue weighted by Gasteiger charge is -2.61. The summed E-state index contributed by atoms with van der Waals surface area (Å²) in [6.07, 6.45) is -0.340. The predicted octanol–water partition coefficient (Wildman–Crippen LogP) is 2.24. The summed E-state index contributed by atoms with van der Waals surface area (Å²) < 4.78 is 22.9. The lowest BCUT2D eigenvalue weighted by atomic mass is 9.50. The van der Waals surface area contributed by atoms with E-state index < -0.39 is 47.2 Å². The van der Waals surface area contributed by atoms with Gasteiger partial charge in [-0.05, 0) is 45.0 Å². The summed E-state index contributed by atoms with van der Waals surface area (Å²) in [6.45, 7) is 3.04. The van der Waals surface area contributed by atoms with Crippen LogP contribution in [0.1, 0.15) is 55.0 Å². The minimum Gasteiger partial charge on any atom is -0.481 e. The molecule has 1 fully saturated rings. The Balaban J connectivity index is 1.27. The SMILES string of the molecule is CC(=O)O[C@H](C(=O)O[C@@H](C)C(=O)OC1=CC[C@@]2(O)[C@H]3Cc4ccc(CO)c5c4[C@@]2(CCN3C)[C@H]1O5)c1ccccc1. The molecule has 2 aromatic rings. The lowest BCUT2D eigenvalue weighted by molar-refractivity contribution is -0.180. The highest BCUT2D eigenvalue weighted by molar-refractivity contribution is 5.84. The minimum absolute atomic E-state index is 0.162. The Morgan fingerprint density at radius 2 is 1.88 bits per heavy atom. The molecule has 4 aliphatic rings. The van der Waals surface area contributed by atoms with Crippen LogP contribution in [-0.2, 0) is 47.0 Å². The van der Waals surface area contributed by atoms with Gasteiger partial charge in [-0.1, -0.05) is 42.5 Å². The molecule has 41 heavy (non-hydrogen) atoms. The van der Waals surface area contributed by atoms with E-state index in [1.165, 1.54) is 13.8 Å². The van der Waals surface area contributed by atoms with Crippen LogP contribution < -0.4 is 4.74 Å². The number of aliphatic hydroxyl groups excluding tert-OH is 1. The number of likely N-dealkylation sites (tertiary alicyclic amines) is 1. The van der Waals surface area contributed by atoms with E-state index in [4.69, 9.17) is 18.9 Å². The first-order valence-corrected chi connectivity index (χ1v) is 13.8. The Bertz CT molecular complexity index is 1440. The molecule has 6 rings (SSSR count). The maximum Gasteiger partial charge on any atom is 0.353 e. The molecule has 2 aromatic carbocycles. The van der Waals surface area contributed by atoms with Crippen molar-refractivity contribution in [3.05, 3.63) is 76.6 Å². The monoisotopic (exact) mass is 563 g/mol. The number of carbonyl (C=O) groups excluding carboxylic acids is 3. The van der Waals surface area contributed by atoms with Gasteiger partial charge in [0.25, 0.3) is 0 Å². The van der Waals surface area contributed by atoms with Crippen molar-refractivity contribution in [2.24, 2.45) is 0 Å². The van der Waals surface area contributed by atoms with Crippen molar-refractivity contribution in [2.75, 3.05) is 13.6 Å². The van der Waals surface area contributed by atoms with Gasteiger partial charge in [-0.15, -0.1) is 0 Å². The lowest BCUT2D eigenvalue weighted by Crippen LogP contribution is -2.74. The molecule has 2 heterocycles. The van der Waals surface area contributed by atoms with Crippen LogP contribution in [0.5, 0.6) is 5.75 Å². The number of hydrogen-bond donors (Lipinski definition) is 2. The van der Waals surface area contributed by atoms with Gasteiger partial charge in [0.05, 0.1) is 17.6 Å². The number of nitrogens with zero attached hydrogens (tertiary/aromatic N) is 1. The van der Waals surface area contributed by atoms with Crippen molar-refractivity contribution in [1.29, 1.82) is 0 Å². The van der Waals surface area contributed by atoms with Gasteiger partial charge in [0, 0.05) is 36.1 Å². The Hall–Kier alpha value is -3.73. The van der Waals surface area contributed by atoms with Crippen molar-refractivity contribution in [2.45, 2.75) is 75.1 Å². The largest absolute Gasteiger partial charge is 0.481 e. The highest BCUT2D eigenvalue weighted by Crippen LogP contribution is 2.64. The molecule has 0 unspecified atom stereocenters. The number of esters is 3. The molecule has 2 bridgehead atoms. The minimum atomic E-state index is -1.34. The second kappa shape index (κ2) is 9.97. The van der Waals surface area contributed by atoms with Crippen molar-refractivity contribution in [3.63, 3.8) is 0 Å². The Morgan fingerprint density at radius 1 is 1.12 bits per heavy atom. The second-order valence-electron chi connectivity index (χ2n) is 11.3. The van der Waals surface area contributed by atoms with Gasteiger partial charge in [0.2, 0.25) is 6.10 Å². The number of aliphatic hydroxyl groups is 2. The van der Waals surface area contributed by atoms with Gasteiger partial charge >= 0.3 is 17.9 Å². The zero-order valence-electron chi connectivity index (χ0n) is 23.2. The van der Waals surface area contributed by atoms with Crippen molar-refractivity contribution < 1.29 is 43.5 Å². The molecule has 0 radical (unpaired) electrons. The van der Waals surface area contributed by atoms with E-state index in [1.54, 1.807) is 36.4 Å². The smallest absolute Gasteiger partial charge is 0.353 e. The first-order chi connectivity index (χ1) is 19.6. The third-order valence-electron chi connectivity index (χ3n) is 9.07. The molecule has 0 aromatic heterocycles. The van der Waals surface area contributed by atoms with Crippen LogP contribution in [0.3, 0.4) is 0 Å². The number of likely N-dealkylation sites (N-methyl/N-ethyl adjacent to an activating group) is 1. The van der Waals surface area contributed by atoms with Crippen LogP contribution in [0.4, 0.5) is 0 Å². The van der Waals surface area contributed by atoms with Gasteiger partial charge < -0.3 is 34.1 Å². The zero-order chi connectivity index (χ0) is 29.1. The Kier molecular flexibility index (Phi) is 6.67. The Morgan fingerprint density at radius 3 is 2.59 bits per heavy atom. The summed E-state index contributed by atoms with van der Waals surface area (Å²) in [6, 6.07) is 12.0. The van der Waals surface area contributed by atoms with Crippen LogP contribution in [0.2, 0.25) is 0 Å². The molecule has 216 valence electrons. The highest BCUT2D eigenvalue weighted by Gasteiger charge is 2.71. The number of benzene rings is 2. The number of ether oxygens (including phenoxy) is 4. The van der Waals surface area contributed by atoms with E-state index in [0.29, 0.717) is 36.3 Å². The fourth-order valence-corrected chi connectivity index (χ4v) is 7.16. The number of rotatable bonds is 7. The van der Waals surface area contributed by atoms with Crippen LogP contribution in [0.25, 0.3) is 0 Å². The van der Waals surface area contributed by atoms with Gasteiger partial charge in [0.15, 0.2) is 12.2 Å². The zero-order valence-corrected chi connectivity index (χ0v) is 23.2. The van der Waals surface area contributed by atoms with E-state index in [1.807, 2.05) is 19.2 Å². The topological polar surface area (TPSA) is 132 Å². The second-order valence-corrected chi connectivity index (χ2v) is 11.3. The first kappa shape index (κ1) is 27.4. The molecule has 1 saturated heterocycles. The molecule has 6 atom stereocenters. The average Bonchev–Trinajstić information content (AvgIpc) is 3.31. The number of hydrogen-bond acceptors (Lipinski definition) is 10. The predicted molar refractivity (Wildman–Crippen MR) is 143 cm³/mol. The maximum absolute atomic E-state index is 13.3. The van der Waals surface area contributed by atoms with E-state index in [9.17, 15) is 24.6 Å². The summed E-state index contributed by atoms with van der Waals surface area (Å²) in [5.74, 6) is -1.64. The maximum atomic E-state index is 13.3. The summed E-state index contributed by atoms with van der Waals surface area (Å²) in [4.78, 5) is 40.1. The highest BCUT2D eigenvalue weighted by atomic mass is 16.6. The molecule has 1 spiro atoms. The molecule has 0 saturated carbocycles. The van der Waals surface area contributed by atoms with Crippen LogP contribution >= 0.6 is 0 Å². The fourth-order valence-electron chi connectivity index (χ4n) is 7.16. The van der Waals surface area contributed by atoms with Crippen LogP contribution in [-0.4, -0.2) is 70.5 Å². The van der Waals surface area contributed by atoms with Crippen molar-refractivity contribution >= 4 is 17.9 Å². The van der Waals surface area contributed by atoms with Gasteiger partial charge in [-0.2, -0.15) is 0 Å². The standard InChI is InChI=1S/C31H33NO9/c1-17(38-29(36)26(39-18(2)34)19-7-5-4-6-8-19)28(35)40-22-11-12-31(37)23-15-20-9-10-21(16-33)25-24(20)30(31,27(22)41-25)13-14-32(23)3/h4-11,17,23,26-27,33,37H,12-16H2,1-3H3/t17-,23+,26-,27-,30-,31+/m0/s1. The third kappa shape index (κ3) is 4.07. The van der Waals surface area contributed by atoms with E-state index >= 15 is 0 Å². The molecular formula is C31H33NO9. The van der Waals surface area contributed by atoms with Gasteiger partial charge in [-0.3, -0.25) is 4.79 Å². The molecule has 0 amide bonds. The van der Waals surface area contributed by atoms with Crippen LogP contribution in [0, 0.1) is 0 Å². The first-order valence-electron chi connectivity index (χ1n) is 13.8. The molecule has 2 aliphatic heterocycles. The fraction of sp³-hybridized carbons (Fsp3) is 0.452. The average molecular weight is 564 g/mol. The molecular weight excluding hydrogens is 530 g/mol. The molecule has 10 nitrogen and oxygen atoms in total. The Labute approximate surface area is 237 Å². The molecule has 10 heteroatoms. The third-order valence-corrected chi connectivity index (χ3v) is 9.07. The molecule has 2 aliphatic carbocycles. The summed E-state index contributed by atoms with van der Waals surface area (Å²) in [5.41, 5.74) is 0.914. The summed E-state index contributed by atoms with van der Waals surface area (Å²) in [7, 11) is 2.00. The van der Waals surface area contributed by atoms with Crippen LogP contribution in [0.15, 0.2) is 54.3 Å².